The van der Waals surface area contributed by atoms with E-state index in [4.69, 9.17) is 0 Å². The number of aromatic hydroxyl groups is 1. The Bertz CT molecular complexity index is 557. The lowest BCUT2D eigenvalue weighted by Crippen LogP contribution is -2.24. The molecule has 1 aliphatic heterocycles. The highest BCUT2D eigenvalue weighted by Crippen LogP contribution is 2.28. The van der Waals surface area contributed by atoms with Crippen LogP contribution in [0, 0.1) is 16.0 Å². The van der Waals surface area contributed by atoms with Crippen molar-refractivity contribution in [2.24, 2.45) is 5.92 Å². The number of hydrogen-bond acceptors (Lipinski definition) is 5. The predicted molar refractivity (Wildman–Crippen MR) is 64.5 cm³/mol. The summed E-state index contributed by atoms with van der Waals surface area (Å²) in [5.41, 5.74) is -0.285. The minimum atomic E-state index is -0.629. The van der Waals surface area contributed by atoms with Gasteiger partial charge in [0.2, 0.25) is 11.8 Å². The maximum absolute atomic E-state index is 11.8. The number of nitrogens with zero attached hydrogens (tertiary/aromatic N) is 1. The average molecular weight is 265 g/mol. The van der Waals surface area contributed by atoms with Crippen molar-refractivity contribution in [2.75, 3.05) is 11.9 Å². The van der Waals surface area contributed by atoms with Gasteiger partial charge in [-0.2, -0.15) is 0 Å². The molecule has 1 unspecified atom stereocenters. The summed E-state index contributed by atoms with van der Waals surface area (Å²) in [6.45, 7) is 0.223. The number of non-ortho nitro benzene ring substituents is 1. The van der Waals surface area contributed by atoms with E-state index in [-0.39, 0.29) is 36.0 Å². The molecule has 2 rings (SSSR count). The third-order valence-electron chi connectivity index (χ3n) is 2.80. The topological polar surface area (TPSA) is 122 Å². The summed E-state index contributed by atoms with van der Waals surface area (Å²) in [7, 11) is 0. The number of carbonyl (C=O) groups is 2. The number of nitrogens with one attached hydrogen (secondary N) is 2. The van der Waals surface area contributed by atoms with Gasteiger partial charge in [0.15, 0.2) is 0 Å². The first-order valence-corrected chi connectivity index (χ1v) is 5.52. The van der Waals surface area contributed by atoms with Crippen LogP contribution in [0.25, 0.3) is 0 Å². The highest BCUT2D eigenvalue weighted by atomic mass is 16.6. The second-order valence-corrected chi connectivity index (χ2v) is 4.15. The van der Waals surface area contributed by atoms with E-state index in [2.05, 4.69) is 10.6 Å². The summed E-state index contributed by atoms with van der Waals surface area (Å²) in [6.07, 6.45) is 0.0710. The standard InChI is InChI=1S/C11H11N3O5/c15-9-2-1-7(14(18)19)4-8(9)13-11(17)6-3-10(16)12-5-6/h1-2,4,6,15H,3,5H2,(H,12,16)(H,13,17). The number of carbonyl (C=O) groups excluding carboxylic acids is 2. The highest BCUT2D eigenvalue weighted by Gasteiger charge is 2.28. The maximum atomic E-state index is 11.8. The lowest BCUT2D eigenvalue weighted by Gasteiger charge is -2.10. The Morgan fingerprint density at radius 1 is 1.53 bits per heavy atom. The van der Waals surface area contributed by atoms with E-state index in [1.807, 2.05) is 0 Å². The molecule has 1 aliphatic rings. The van der Waals surface area contributed by atoms with E-state index >= 15 is 0 Å². The molecule has 0 aromatic heterocycles. The smallest absolute Gasteiger partial charge is 0.271 e. The van der Waals surface area contributed by atoms with Crippen molar-refractivity contribution < 1.29 is 19.6 Å². The molecule has 0 bridgehead atoms. The van der Waals surface area contributed by atoms with Gasteiger partial charge in [-0.15, -0.1) is 0 Å². The maximum Gasteiger partial charge on any atom is 0.271 e. The normalized spacial score (nSPS) is 17.9. The van der Waals surface area contributed by atoms with Crippen molar-refractivity contribution in [1.82, 2.24) is 5.32 Å². The zero-order chi connectivity index (χ0) is 14.0. The van der Waals surface area contributed by atoms with E-state index < -0.39 is 16.7 Å². The fourth-order valence-corrected chi connectivity index (χ4v) is 1.76. The molecule has 19 heavy (non-hydrogen) atoms. The third kappa shape index (κ3) is 2.79. The Morgan fingerprint density at radius 3 is 2.84 bits per heavy atom. The lowest BCUT2D eigenvalue weighted by atomic mass is 10.1. The molecule has 1 fully saturated rings. The van der Waals surface area contributed by atoms with Crippen LogP contribution < -0.4 is 10.6 Å². The van der Waals surface area contributed by atoms with Gasteiger partial charge in [-0.05, 0) is 6.07 Å². The molecule has 8 heteroatoms. The van der Waals surface area contributed by atoms with Crippen LogP contribution in [-0.4, -0.2) is 28.4 Å². The van der Waals surface area contributed by atoms with E-state index in [0.29, 0.717) is 0 Å². The number of nitro groups is 1. The van der Waals surface area contributed by atoms with Crippen LogP contribution in [0.2, 0.25) is 0 Å². The monoisotopic (exact) mass is 265 g/mol. The van der Waals surface area contributed by atoms with E-state index in [9.17, 15) is 24.8 Å². The number of rotatable bonds is 3. The first-order valence-electron chi connectivity index (χ1n) is 5.52. The van der Waals surface area contributed by atoms with Crippen LogP contribution in [0.4, 0.5) is 11.4 Å². The number of anilines is 1. The molecule has 1 aromatic rings. The van der Waals surface area contributed by atoms with Gasteiger partial charge < -0.3 is 15.7 Å². The Kier molecular flexibility index (Phi) is 3.32. The molecule has 100 valence electrons. The number of amides is 2. The summed E-state index contributed by atoms with van der Waals surface area (Å²) in [5, 5.41) is 25.0. The van der Waals surface area contributed by atoms with Crippen molar-refractivity contribution in [3.05, 3.63) is 28.3 Å². The van der Waals surface area contributed by atoms with Crippen molar-refractivity contribution in [3.8, 4) is 5.75 Å². The molecule has 3 N–H and O–H groups in total. The molecule has 1 saturated heterocycles. The fraction of sp³-hybridized carbons (Fsp3) is 0.273. The summed E-state index contributed by atoms with van der Waals surface area (Å²) < 4.78 is 0. The lowest BCUT2D eigenvalue weighted by molar-refractivity contribution is -0.384. The minimum absolute atomic E-state index is 0.0430. The van der Waals surface area contributed by atoms with Gasteiger partial charge in [0.05, 0.1) is 16.5 Å². The van der Waals surface area contributed by atoms with Crippen LogP contribution in [0.5, 0.6) is 5.75 Å². The average Bonchev–Trinajstić information content (AvgIpc) is 2.78. The van der Waals surface area contributed by atoms with Crippen LogP contribution in [-0.2, 0) is 9.59 Å². The molecule has 1 heterocycles. The summed E-state index contributed by atoms with van der Waals surface area (Å²) in [5.74, 6) is -1.49. The number of benzene rings is 1. The molecule has 1 atom stereocenters. The first-order chi connectivity index (χ1) is 8.97. The van der Waals surface area contributed by atoms with Crippen molar-refractivity contribution >= 4 is 23.2 Å². The molecule has 1 aromatic carbocycles. The zero-order valence-corrected chi connectivity index (χ0v) is 9.75. The quantitative estimate of drug-likeness (QED) is 0.414. The molecule has 2 amide bonds. The van der Waals surface area contributed by atoms with Gasteiger partial charge in [-0.1, -0.05) is 0 Å². The number of phenols is 1. The molecule has 8 nitrogen and oxygen atoms in total. The largest absolute Gasteiger partial charge is 0.506 e. The minimum Gasteiger partial charge on any atom is -0.506 e. The van der Waals surface area contributed by atoms with Gasteiger partial charge in [0, 0.05) is 25.1 Å². The second-order valence-electron chi connectivity index (χ2n) is 4.15. The number of nitro benzene ring substituents is 1. The Labute approximate surface area is 107 Å². The number of phenolic OH excluding ortho intramolecular Hbond substituents is 1. The van der Waals surface area contributed by atoms with Gasteiger partial charge in [0.25, 0.3) is 5.69 Å². The molecule has 0 aliphatic carbocycles. The highest BCUT2D eigenvalue weighted by molar-refractivity contribution is 5.98. The summed E-state index contributed by atoms with van der Waals surface area (Å²) in [4.78, 5) is 32.8. The predicted octanol–water partition coefficient (Wildman–Crippen LogP) is 0.375. The zero-order valence-electron chi connectivity index (χ0n) is 9.75. The fourth-order valence-electron chi connectivity index (χ4n) is 1.76. The van der Waals surface area contributed by atoms with Gasteiger partial charge in [0.1, 0.15) is 5.75 Å². The third-order valence-corrected chi connectivity index (χ3v) is 2.80. The van der Waals surface area contributed by atoms with Gasteiger partial charge >= 0.3 is 0 Å². The summed E-state index contributed by atoms with van der Waals surface area (Å²) in [6, 6.07) is 3.33. The van der Waals surface area contributed by atoms with E-state index in [1.165, 1.54) is 0 Å². The Hall–Kier alpha value is -2.64. The second kappa shape index (κ2) is 4.92. The molecule has 0 saturated carbocycles. The molecular weight excluding hydrogens is 254 g/mol. The van der Waals surface area contributed by atoms with Crippen molar-refractivity contribution in [1.29, 1.82) is 0 Å². The molecular formula is C11H11N3O5. The van der Waals surface area contributed by atoms with Crippen LogP contribution in [0.15, 0.2) is 18.2 Å². The van der Waals surface area contributed by atoms with Crippen LogP contribution in [0.1, 0.15) is 6.42 Å². The van der Waals surface area contributed by atoms with Crippen LogP contribution in [0.3, 0.4) is 0 Å². The van der Waals surface area contributed by atoms with Crippen molar-refractivity contribution in [3.63, 3.8) is 0 Å². The number of hydrogen-bond donors (Lipinski definition) is 3. The van der Waals surface area contributed by atoms with E-state index in [0.717, 1.165) is 18.2 Å². The Balaban J connectivity index is 2.14. The van der Waals surface area contributed by atoms with Gasteiger partial charge in [-0.25, -0.2) is 0 Å². The molecule has 0 radical (unpaired) electrons. The SMILES string of the molecule is O=C1CC(C(=O)Nc2cc([N+](=O)[O-])ccc2O)CN1. The molecule has 0 spiro atoms. The van der Waals surface area contributed by atoms with Crippen LogP contribution >= 0.6 is 0 Å². The van der Waals surface area contributed by atoms with E-state index in [1.54, 1.807) is 0 Å². The van der Waals surface area contributed by atoms with Gasteiger partial charge in [-0.3, -0.25) is 19.7 Å². The van der Waals surface area contributed by atoms with Crippen molar-refractivity contribution in [2.45, 2.75) is 6.42 Å². The summed E-state index contributed by atoms with van der Waals surface area (Å²) >= 11 is 0. The Morgan fingerprint density at radius 2 is 2.26 bits per heavy atom. The first kappa shape index (κ1) is 12.8.